The minimum Gasteiger partial charge on any atom is -0.274 e. The molecule has 4 heteroatoms. The summed E-state index contributed by atoms with van der Waals surface area (Å²) in [5.74, 6) is 0. The van der Waals surface area contributed by atoms with Gasteiger partial charge in [0.05, 0.1) is 21.4 Å². The van der Waals surface area contributed by atoms with Crippen LogP contribution in [-0.4, -0.2) is 9.97 Å². The van der Waals surface area contributed by atoms with Crippen LogP contribution in [0.5, 0.6) is 0 Å². The summed E-state index contributed by atoms with van der Waals surface area (Å²) in [6.07, 6.45) is 0. The smallest absolute Gasteiger partial charge is 0.104 e. The van der Waals surface area contributed by atoms with Crippen LogP contribution in [0.25, 0.3) is 22.1 Å². The van der Waals surface area contributed by atoms with Crippen molar-refractivity contribution in [1.82, 2.24) is 9.97 Å². The Bertz CT molecular complexity index is 667. The number of aromatic nitrogens is 2. The Morgan fingerprint density at radius 2 is 1.50 bits per heavy atom. The van der Waals surface area contributed by atoms with Crippen molar-refractivity contribution in [2.75, 3.05) is 0 Å². The molecule has 0 spiro atoms. The van der Waals surface area contributed by atoms with E-state index in [4.69, 9.17) is 5.14 Å². The fourth-order valence-electron chi connectivity index (χ4n) is 1.71. The number of fused-ring (bicyclic) bond motifs is 2. The maximum absolute atomic E-state index is 5.61. The molecule has 0 saturated carbocycles. The quantitative estimate of drug-likeness (QED) is 0.513. The van der Waals surface area contributed by atoms with E-state index in [-0.39, 0.29) is 0 Å². The molecule has 3 nitrogen and oxygen atoms in total. The molecule has 16 heavy (non-hydrogen) atoms. The summed E-state index contributed by atoms with van der Waals surface area (Å²) < 4.78 is 0. The summed E-state index contributed by atoms with van der Waals surface area (Å²) in [7, 11) is 0. The van der Waals surface area contributed by atoms with Crippen molar-refractivity contribution in [3.05, 3.63) is 42.5 Å². The van der Waals surface area contributed by atoms with Crippen LogP contribution in [0.2, 0.25) is 0 Å². The Morgan fingerprint density at radius 1 is 0.812 bits per heavy atom. The van der Waals surface area contributed by atoms with Crippen LogP contribution in [-0.2, 0) is 0 Å². The summed E-state index contributed by atoms with van der Waals surface area (Å²) in [6.45, 7) is 0. The zero-order chi connectivity index (χ0) is 11.0. The summed E-state index contributed by atoms with van der Waals surface area (Å²) in [4.78, 5) is 10.1. The van der Waals surface area contributed by atoms with Gasteiger partial charge < -0.3 is 0 Å². The number of hydrogen-bond acceptors (Lipinski definition) is 4. The lowest BCUT2D eigenvalue weighted by Gasteiger charge is -2.03. The molecule has 0 radical (unpaired) electrons. The highest BCUT2D eigenvalue weighted by atomic mass is 32.2. The number of benzene rings is 2. The molecule has 0 aliphatic heterocycles. The molecule has 2 aromatic carbocycles. The lowest BCUT2D eigenvalue weighted by molar-refractivity contribution is 1.34. The lowest BCUT2D eigenvalue weighted by atomic mass is 10.2. The molecule has 2 N–H and O–H groups in total. The van der Waals surface area contributed by atoms with Crippen LogP contribution in [0.1, 0.15) is 0 Å². The van der Waals surface area contributed by atoms with Gasteiger partial charge in [0.1, 0.15) is 5.52 Å². The van der Waals surface area contributed by atoms with E-state index in [9.17, 15) is 0 Å². The molecule has 0 saturated heterocycles. The third kappa shape index (κ3) is 1.43. The molecule has 0 amide bonds. The van der Waals surface area contributed by atoms with Gasteiger partial charge in [0, 0.05) is 0 Å². The summed E-state index contributed by atoms with van der Waals surface area (Å²) in [5, 5.41) is 5.61. The van der Waals surface area contributed by atoms with Gasteiger partial charge >= 0.3 is 0 Å². The van der Waals surface area contributed by atoms with E-state index in [1.165, 1.54) is 11.9 Å². The second kappa shape index (κ2) is 3.73. The normalized spacial score (nSPS) is 11.1. The summed E-state index contributed by atoms with van der Waals surface area (Å²) in [6, 6.07) is 13.7. The van der Waals surface area contributed by atoms with Crippen molar-refractivity contribution >= 4 is 34.0 Å². The van der Waals surface area contributed by atoms with E-state index in [1.54, 1.807) is 0 Å². The first kappa shape index (κ1) is 9.57. The van der Waals surface area contributed by atoms with Crippen LogP contribution in [0.4, 0.5) is 0 Å². The van der Waals surface area contributed by atoms with E-state index in [0.29, 0.717) is 0 Å². The van der Waals surface area contributed by atoms with Gasteiger partial charge in [-0.1, -0.05) is 18.2 Å². The second-order valence-corrected chi connectivity index (χ2v) is 4.13. The Kier molecular flexibility index (Phi) is 2.23. The maximum Gasteiger partial charge on any atom is 0.104 e. The number of rotatable bonds is 1. The van der Waals surface area contributed by atoms with Gasteiger partial charge in [0.25, 0.3) is 0 Å². The van der Waals surface area contributed by atoms with E-state index >= 15 is 0 Å². The van der Waals surface area contributed by atoms with Gasteiger partial charge in [-0.3, -0.25) is 5.14 Å². The Hall–Kier alpha value is -1.65. The van der Waals surface area contributed by atoms with E-state index in [1.807, 2.05) is 42.5 Å². The van der Waals surface area contributed by atoms with Crippen LogP contribution < -0.4 is 5.14 Å². The fraction of sp³-hybridized carbons (Fsp3) is 0. The third-order valence-electron chi connectivity index (χ3n) is 2.46. The first-order chi connectivity index (χ1) is 7.88. The fourth-order valence-corrected chi connectivity index (χ4v) is 2.13. The average molecular weight is 227 g/mol. The molecule has 1 heterocycles. The summed E-state index contributed by atoms with van der Waals surface area (Å²) >= 11 is 1.20. The zero-order valence-electron chi connectivity index (χ0n) is 8.42. The van der Waals surface area contributed by atoms with Gasteiger partial charge in [0.15, 0.2) is 0 Å². The van der Waals surface area contributed by atoms with Gasteiger partial charge in [-0.25, -0.2) is 9.97 Å². The molecule has 0 atom stereocenters. The van der Waals surface area contributed by atoms with E-state index < -0.39 is 0 Å². The predicted octanol–water partition coefficient (Wildman–Crippen LogP) is 2.75. The zero-order valence-corrected chi connectivity index (χ0v) is 9.24. The highest BCUT2D eigenvalue weighted by molar-refractivity contribution is 7.97. The number of para-hydroxylation sites is 3. The molecular weight excluding hydrogens is 218 g/mol. The van der Waals surface area contributed by atoms with Gasteiger partial charge in [-0.05, 0) is 36.2 Å². The molecular formula is C12H9N3S. The largest absolute Gasteiger partial charge is 0.274 e. The van der Waals surface area contributed by atoms with Crippen LogP contribution in [0, 0.1) is 0 Å². The molecule has 0 fully saturated rings. The molecule has 0 aliphatic rings. The first-order valence-corrected chi connectivity index (χ1v) is 5.79. The molecule has 0 aliphatic carbocycles. The maximum atomic E-state index is 5.61. The Labute approximate surface area is 96.8 Å². The van der Waals surface area contributed by atoms with Crippen LogP contribution >= 0.6 is 11.9 Å². The van der Waals surface area contributed by atoms with Crippen molar-refractivity contribution in [2.24, 2.45) is 5.14 Å². The van der Waals surface area contributed by atoms with Gasteiger partial charge in [-0.2, -0.15) is 0 Å². The standard InChI is InChI=1S/C12H9N3S/c13-16-11-7-3-6-10-12(11)15-9-5-2-1-4-8(9)14-10/h1-7H,13H2. The van der Waals surface area contributed by atoms with E-state index in [0.717, 1.165) is 27.0 Å². The molecule has 3 rings (SSSR count). The SMILES string of the molecule is NSc1cccc2nc3ccccc3nc12. The summed E-state index contributed by atoms with van der Waals surface area (Å²) in [5.41, 5.74) is 3.56. The molecule has 1 aromatic heterocycles. The van der Waals surface area contributed by atoms with Crippen molar-refractivity contribution in [3.8, 4) is 0 Å². The van der Waals surface area contributed by atoms with Gasteiger partial charge in [-0.15, -0.1) is 0 Å². The minimum absolute atomic E-state index is 0.869. The predicted molar refractivity (Wildman–Crippen MR) is 67.1 cm³/mol. The molecule has 78 valence electrons. The number of nitrogens with zero attached hydrogens (tertiary/aromatic N) is 2. The van der Waals surface area contributed by atoms with Crippen LogP contribution in [0.15, 0.2) is 47.4 Å². The topological polar surface area (TPSA) is 51.8 Å². The second-order valence-electron chi connectivity index (χ2n) is 3.45. The molecule has 0 unspecified atom stereocenters. The average Bonchev–Trinajstić information content (AvgIpc) is 2.35. The van der Waals surface area contributed by atoms with Crippen LogP contribution in [0.3, 0.4) is 0 Å². The minimum atomic E-state index is 0.869. The first-order valence-electron chi connectivity index (χ1n) is 4.91. The lowest BCUT2D eigenvalue weighted by Crippen LogP contribution is -1.90. The highest BCUT2D eigenvalue weighted by Crippen LogP contribution is 2.23. The van der Waals surface area contributed by atoms with Crippen molar-refractivity contribution in [3.63, 3.8) is 0 Å². The number of nitrogens with two attached hydrogens (primary N) is 1. The van der Waals surface area contributed by atoms with Crippen molar-refractivity contribution in [1.29, 1.82) is 0 Å². The number of hydrogen-bond donors (Lipinski definition) is 1. The third-order valence-corrected chi connectivity index (χ3v) is 3.04. The highest BCUT2D eigenvalue weighted by Gasteiger charge is 2.04. The van der Waals surface area contributed by atoms with E-state index in [2.05, 4.69) is 9.97 Å². The Morgan fingerprint density at radius 3 is 2.25 bits per heavy atom. The van der Waals surface area contributed by atoms with Gasteiger partial charge in [0.2, 0.25) is 0 Å². The monoisotopic (exact) mass is 227 g/mol. The van der Waals surface area contributed by atoms with Crippen molar-refractivity contribution < 1.29 is 0 Å². The molecule has 3 aromatic rings. The van der Waals surface area contributed by atoms with Crippen molar-refractivity contribution in [2.45, 2.75) is 4.90 Å². The Balaban J connectivity index is 2.46. The molecule has 0 bridgehead atoms.